The lowest BCUT2D eigenvalue weighted by molar-refractivity contribution is 0.643. The minimum absolute atomic E-state index is 0.707. The smallest absolute Gasteiger partial charge is 0.113 e. The topological polar surface area (TPSA) is 29.9 Å². The van der Waals surface area contributed by atoms with E-state index in [0.29, 0.717) is 6.04 Å². The first-order valence-corrected chi connectivity index (χ1v) is 8.14. The SMILES string of the molecule is CCCn1ccnc1Cc1ccc(Cl)cc1CNC1CC1. The van der Waals surface area contributed by atoms with Crippen molar-refractivity contribution in [3.05, 3.63) is 52.6 Å². The van der Waals surface area contributed by atoms with Gasteiger partial charge in [-0.1, -0.05) is 24.6 Å². The second-order valence-corrected chi connectivity index (χ2v) is 6.22. The molecule has 1 fully saturated rings. The molecule has 112 valence electrons. The van der Waals surface area contributed by atoms with Crippen LogP contribution in [-0.4, -0.2) is 15.6 Å². The minimum Gasteiger partial charge on any atom is -0.335 e. The molecule has 1 saturated carbocycles. The van der Waals surface area contributed by atoms with Crippen LogP contribution in [0.25, 0.3) is 0 Å². The van der Waals surface area contributed by atoms with Gasteiger partial charge >= 0.3 is 0 Å². The Balaban J connectivity index is 1.77. The van der Waals surface area contributed by atoms with Gasteiger partial charge in [0.1, 0.15) is 5.82 Å². The second kappa shape index (κ2) is 6.63. The van der Waals surface area contributed by atoms with E-state index in [1.54, 1.807) is 0 Å². The van der Waals surface area contributed by atoms with Crippen LogP contribution in [0.1, 0.15) is 43.1 Å². The van der Waals surface area contributed by atoms with E-state index in [0.717, 1.165) is 36.8 Å². The van der Waals surface area contributed by atoms with Crippen molar-refractivity contribution in [3.63, 3.8) is 0 Å². The summed E-state index contributed by atoms with van der Waals surface area (Å²) in [5.41, 5.74) is 2.61. The van der Waals surface area contributed by atoms with Gasteiger partial charge in [-0.15, -0.1) is 0 Å². The number of rotatable bonds is 7. The summed E-state index contributed by atoms with van der Waals surface area (Å²) < 4.78 is 2.24. The maximum atomic E-state index is 6.16. The summed E-state index contributed by atoms with van der Waals surface area (Å²) in [7, 11) is 0. The third-order valence-corrected chi connectivity index (χ3v) is 4.18. The molecule has 0 saturated heterocycles. The summed E-state index contributed by atoms with van der Waals surface area (Å²) >= 11 is 6.16. The van der Waals surface area contributed by atoms with Gasteiger partial charge in [-0.25, -0.2) is 4.98 Å². The van der Waals surface area contributed by atoms with Gasteiger partial charge < -0.3 is 9.88 Å². The van der Waals surface area contributed by atoms with Crippen molar-refractivity contribution >= 4 is 11.6 Å². The van der Waals surface area contributed by atoms with Gasteiger partial charge in [-0.2, -0.15) is 0 Å². The number of aryl methyl sites for hydroxylation is 1. The number of benzene rings is 1. The number of nitrogens with zero attached hydrogens (tertiary/aromatic N) is 2. The van der Waals surface area contributed by atoms with Crippen molar-refractivity contribution in [2.75, 3.05) is 0 Å². The zero-order valence-electron chi connectivity index (χ0n) is 12.5. The third-order valence-electron chi connectivity index (χ3n) is 3.94. The Morgan fingerprint density at radius 2 is 2.19 bits per heavy atom. The van der Waals surface area contributed by atoms with E-state index in [1.165, 1.54) is 24.0 Å². The van der Waals surface area contributed by atoms with E-state index in [4.69, 9.17) is 11.6 Å². The third kappa shape index (κ3) is 3.86. The van der Waals surface area contributed by atoms with Crippen LogP contribution in [0.4, 0.5) is 0 Å². The molecule has 0 bridgehead atoms. The van der Waals surface area contributed by atoms with Crippen LogP contribution in [0.15, 0.2) is 30.6 Å². The average Bonchev–Trinajstić information content (AvgIpc) is 3.21. The number of imidazole rings is 1. The van der Waals surface area contributed by atoms with Crippen LogP contribution in [0, 0.1) is 0 Å². The molecular weight excluding hydrogens is 282 g/mol. The summed E-state index contributed by atoms with van der Waals surface area (Å²) in [6.07, 6.45) is 8.55. The number of nitrogens with one attached hydrogen (secondary N) is 1. The molecule has 1 aromatic carbocycles. The van der Waals surface area contributed by atoms with Crippen molar-refractivity contribution in [1.82, 2.24) is 14.9 Å². The molecule has 4 heteroatoms. The van der Waals surface area contributed by atoms with E-state index >= 15 is 0 Å². The number of aromatic nitrogens is 2. The summed E-state index contributed by atoms with van der Waals surface area (Å²) in [4.78, 5) is 4.51. The first-order valence-electron chi connectivity index (χ1n) is 7.77. The molecule has 21 heavy (non-hydrogen) atoms. The van der Waals surface area contributed by atoms with E-state index in [-0.39, 0.29) is 0 Å². The van der Waals surface area contributed by atoms with Crippen molar-refractivity contribution < 1.29 is 0 Å². The summed E-state index contributed by atoms with van der Waals surface area (Å²) in [5.74, 6) is 1.13. The molecule has 1 aliphatic rings. The molecule has 2 aromatic rings. The lowest BCUT2D eigenvalue weighted by Gasteiger charge is -2.12. The first-order chi connectivity index (χ1) is 10.3. The van der Waals surface area contributed by atoms with Crippen molar-refractivity contribution in [2.24, 2.45) is 0 Å². The largest absolute Gasteiger partial charge is 0.335 e. The molecule has 1 aromatic heterocycles. The molecule has 0 atom stereocenters. The average molecular weight is 304 g/mol. The molecule has 1 heterocycles. The van der Waals surface area contributed by atoms with Gasteiger partial charge in [-0.05, 0) is 42.5 Å². The predicted molar refractivity (Wildman–Crippen MR) is 86.6 cm³/mol. The molecule has 0 spiro atoms. The monoisotopic (exact) mass is 303 g/mol. The van der Waals surface area contributed by atoms with Gasteiger partial charge in [0.25, 0.3) is 0 Å². The van der Waals surface area contributed by atoms with Gasteiger partial charge in [0.2, 0.25) is 0 Å². The van der Waals surface area contributed by atoms with Crippen LogP contribution >= 0.6 is 11.6 Å². The molecule has 0 unspecified atom stereocenters. The highest BCUT2D eigenvalue weighted by Gasteiger charge is 2.20. The Morgan fingerprint density at radius 1 is 1.33 bits per heavy atom. The Hall–Kier alpha value is -1.32. The van der Waals surface area contributed by atoms with Crippen LogP contribution in [0.2, 0.25) is 5.02 Å². The molecule has 0 amide bonds. The Labute approximate surface area is 131 Å². The van der Waals surface area contributed by atoms with Crippen LogP contribution < -0.4 is 5.32 Å². The first kappa shape index (κ1) is 14.6. The van der Waals surface area contributed by atoms with Gasteiger partial charge in [0, 0.05) is 43.0 Å². The maximum absolute atomic E-state index is 6.16. The highest BCUT2D eigenvalue weighted by atomic mass is 35.5. The van der Waals surface area contributed by atoms with Crippen molar-refractivity contribution in [3.8, 4) is 0 Å². The summed E-state index contributed by atoms with van der Waals surface area (Å²) in [6.45, 7) is 4.12. The molecule has 3 nitrogen and oxygen atoms in total. The fourth-order valence-corrected chi connectivity index (χ4v) is 2.79. The highest BCUT2D eigenvalue weighted by molar-refractivity contribution is 6.30. The Morgan fingerprint density at radius 3 is 2.95 bits per heavy atom. The fourth-order valence-electron chi connectivity index (χ4n) is 2.60. The van der Waals surface area contributed by atoms with Crippen molar-refractivity contribution in [1.29, 1.82) is 0 Å². The molecule has 0 aliphatic heterocycles. The summed E-state index contributed by atoms with van der Waals surface area (Å²) in [6, 6.07) is 6.90. The molecule has 3 rings (SSSR count). The lowest BCUT2D eigenvalue weighted by atomic mass is 10.0. The van der Waals surface area contributed by atoms with Gasteiger partial charge in [0.05, 0.1) is 0 Å². The van der Waals surface area contributed by atoms with Crippen LogP contribution in [0.5, 0.6) is 0 Å². The quantitative estimate of drug-likeness (QED) is 0.843. The predicted octanol–water partition coefficient (Wildman–Crippen LogP) is 3.79. The highest BCUT2D eigenvalue weighted by Crippen LogP contribution is 2.22. The van der Waals surface area contributed by atoms with Crippen LogP contribution in [0.3, 0.4) is 0 Å². The summed E-state index contributed by atoms with van der Waals surface area (Å²) in [5, 5.41) is 4.38. The Kier molecular flexibility index (Phi) is 4.61. The molecule has 1 N–H and O–H groups in total. The van der Waals surface area contributed by atoms with Crippen LogP contribution in [-0.2, 0) is 19.5 Å². The number of hydrogen-bond acceptors (Lipinski definition) is 2. The zero-order chi connectivity index (χ0) is 14.7. The van der Waals surface area contributed by atoms with E-state index in [9.17, 15) is 0 Å². The van der Waals surface area contributed by atoms with E-state index in [2.05, 4.69) is 40.1 Å². The van der Waals surface area contributed by atoms with Gasteiger partial charge in [-0.3, -0.25) is 0 Å². The standard InChI is InChI=1S/C17H22ClN3/c1-2-8-21-9-7-19-17(21)11-13-3-4-15(18)10-14(13)12-20-16-5-6-16/h3-4,7,9-10,16,20H,2,5-6,8,11-12H2,1H3. The molecule has 0 radical (unpaired) electrons. The number of halogens is 1. The van der Waals surface area contributed by atoms with E-state index in [1.807, 2.05) is 12.3 Å². The minimum atomic E-state index is 0.707. The maximum Gasteiger partial charge on any atom is 0.113 e. The second-order valence-electron chi connectivity index (χ2n) is 5.78. The van der Waals surface area contributed by atoms with E-state index < -0.39 is 0 Å². The normalized spacial score (nSPS) is 14.6. The molecule has 1 aliphatic carbocycles. The fraction of sp³-hybridized carbons (Fsp3) is 0.471. The number of hydrogen-bond donors (Lipinski definition) is 1. The molecular formula is C17H22ClN3. The van der Waals surface area contributed by atoms with Gasteiger partial charge in [0.15, 0.2) is 0 Å². The Bertz CT molecular complexity index is 602. The van der Waals surface area contributed by atoms with Crippen molar-refractivity contribution in [2.45, 2.75) is 51.7 Å². The zero-order valence-corrected chi connectivity index (χ0v) is 13.2. The lowest BCUT2D eigenvalue weighted by Crippen LogP contribution is -2.17.